The number of carboxylic acids is 1. The number of fused-ring (bicyclic) bond motifs is 1. The van der Waals surface area contributed by atoms with E-state index in [9.17, 15) is 9.59 Å². The van der Waals surface area contributed by atoms with Crippen molar-refractivity contribution in [1.29, 1.82) is 0 Å². The van der Waals surface area contributed by atoms with E-state index in [0.717, 1.165) is 35.8 Å². The number of nitrogens with zero attached hydrogens (tertiary/aromatic N) is 3. The summed E-state index contributed by atoms with van der Waals surface area (Å²) in [4.78, 5) is 25.0. The fraction of sp³-hybridized carbons (Fsp3) is 0.273. The van der Waals surface area contributed by atoms with E-state index in [1.165, 1.54) is 11.8 Å². The zero-order chi connectivity index (χ0) is 21.3. The summed E-state index contributed by atoms with van der Waals surface area (Å²) in [6.07, 6.45) is 2.11. The van der Waals surface area contributed by atoms with Crippen LogP contribution in [0, 0.1) is 6.92 Å². The Bertz CT molecular complexity index is 1100. The van der Waals surface area contributed by atoms with Crippen LogP contribution < -0.4 is 5.32 Å². The normalized spacial score (nSPS) is 13.8. The van der Waals surface area contributed by atoms with Gasteiger partial charge in [0.1, 0.15) is 5.69 Å². The highest BCUT2D eigenvalue weighted by Gasteiger charge is 2.21. The summed E-state index contributed by atoms with van der Waals surface area (Å²) in [5, 5.41) is 12.0. The van der Waals surface area contributed by atoms with Crippen molar-refractivity contribution in [2.75, 3.05) is 6.54 Å². The maximum atomic E-state index is 12.8. The molecule has 0 spiro atoms. The third-order valence-electron chi connectivity index (χ3n) is 5.43. The standard InChI is InChI=1S/C22H24N4O3S/c1-15-20(30-26-10-9-25-8-4-7-18(25)14-26)12-19(24(15)2)21(27)23-13-16-5-3-6-17(11-16)22(28)29/h3-8,11-12H,9-10,13-14H2,1-2H3,(H,23,27)(H,28,29). The Morgan fingerprint density at radius 3 is 2.80 bits per heavy atom. The van der Waals surface area contributed by atoms with Crippen LogP contribution in [0.2, 0.25) is 0 Å². The van der Waals surface area contributed by atoms with Crippen molar-refractivity contribution in [2.45, 2.75) is 31.5 Å². The molecule has 1 aromatic carbocycles. The van der Waals surface area contributed by atoms with E-state index >= 15 is 0 Å². The van der Waals surface area contributed by atoms with Crippen molar-refractivity contribution in [2.24, 2.45) is 7.05 Å². The van der Waals surface area contributed by atoms with E-state index < -0.39 is 5.97 Å². The first-order valence-electron chi connectivity index (χ1n) is 9.76. The number of hydrogen-bond acceptors (Lipinski definition) is 4. The number of amides is 1. The SMILES string of the molecule is Cc1c(SN2CCn3cccc3C2)cc(C(=O)NCc2cccc(C(=O)O)c2)n1C. The number of hydrogen-bond donors (Lipinski definition) is 2. The highest BCUT2D eigenvalue weighted by molar-refractivity contribution is 7.97. The minimum atomic E-state index is -0.979. The quantitative estimate of drug-likeness (QED) is 0.594. The zero-order valence-corrected chi connectivity index (χ0v) is 17.8. The molecule has 3 aromatic rings. The molecule has 8 heteroatoms. The monoisotopic (exact) mass is 424 g/mol. The van der Waals surface area contributed by atoms with Gasteiger partial charge in [0.05, 0.1) is 5.56 Å². The summed E-state index contributed by atoms with van der Waals surface area (Å²) in [5.74, 6) is -1.16. The molecule has 0 bridgehead atoms. The molecule has 0 atom stereocenters. The van der Waals surface area contributed by atoms with E-state index in [-0.39, 0.29) is 18.0 Å². The molecule has 1 amide bonds. The Kier molecular flexibility index (Phi) is 5.69. The maximum Gasteiger partial charge on any atom is 0.335 e. The van der Waals surface area contributed by atoms with Crippen molar-refractivity contribution < 1.29 is 14.7 Å². The summed E-state index contributed by atoms with van der Waals surface area (Å²) in [6.45, 7) is 5.07. The Morgan fingerprint density at radius 2 is 2.00 bits per heavy atom. The lowest BCUT2D eigenvalue weighted by Gasteiger charge is -2.27. The van der Waals surface area contributed by atoms with Gasteiger partial charge in [-0.15, -0.1) is 0 Å². The average molecular weight is 425 g/mol. The Hall–Kier alpha value is -2.97. The Labute approximate surface area is 179 Å². The minimum Gasteiger partial charge on any atom is -0.478 e. The van der Waals surface area contributed by atoms with Crippen LogP contribution in [-0.4, -0.2) is 37.0 Å². The predicted molar refractivity (Wildman–Crippen MR) is 115 cm³/mol. The van der Waals surface area contributed by atoms with Crippen molar-refractivity contribution in [3.8, 4) is 0 Å². The molecule has 30 heavy (non-hydrogen) atoms. The van der Waals surface area contributed by atoms with Gasteiger partial charge in [0.15, 0.2) is 0 Å². The Morgan fingerprint density at radius 1 is 1.17 bits per heavy atom. The molecule has 0 radical (unpaired) electrons. The van der Waals surface area contributed by atoms with Gasteiger partial charge in [0.2, 0.25) is 0 Å². The molecule has 0 aliphatic carbocycles. The summed E-state index contributed by atoms with van der Waals surface area (Å²) in [5.41, 5.74) is 3.88. The smallest absolute Gasteiger partial charge is 0.335 e. The molecular weight excluding hydrogens is 400 g/mol. The number of aromatic carboxylic acids is 1. The zero-order valence-electron chi connectivity index (χ0n) is 17.0. The molecule has 3 heterocycles. The van der Waals surface area contributed by atoms with Crippen LogP contribution in [0.3, 0.4) is 0 Å². The molecule has 1 aliphatic heterocycles. The molecule has 1 aliphatic rings. The molecule has 0 saturated heterocycles. The van der Waals surface area contributed by atoms with E-state index in [4.69, 9.17) is 5.11 Å². The van der Waals surface area contributed by atoms with Gasteiger partial charge in [-0.1, -0.05) is 12.1 Å². The molecule has 0 saturated carbocycles. The second-order valence-electron chi connectivity index (χ2n) is 7.37. The van der Waals surface area contributed by atoms with Gasteiger partial charge in [-0.2, -0.15) is 0 Å². The van der Waals surface area contributed by atoms with E-state index in [1.54, 1.807) is 30.1 Å². The second kappa shape index (κ2) is 8.41. The second-order valence-corrected chi connectivity index (χ2v) is 8.51. The highest BCUT2D eigenvalue weighted by atomic mass is 32.2. The fourth-order valence-corrected chi connectivity index (χ4v) is 4.66. The largest absolute Gasteiger partial charge is 0.478 e. The van der Waals surface area contributed by atoms with E-state index in [0.29, 0.717) is 5.69 Å². The van der Waals surface area contributed by atoms with Crippen LogP contribution in [0.25, 0.3) is 0 Å². The molecule has 4 rings (SSSR count). The lowest BCUT2D eigenvalue weighted by atomic mass is 10.1. The number of carboxylic acid groups (broad SMARTS) is 1. The summed E-state index contributed by atoms with van der Waals surface area (Å²) in [6, 6.07) is 12.7. The van der Waals surface area contributed by atoms with Crippen LogP contribution in [0.15, 0.2) is 53.6 Å². The van der Waals surface area contributed by atoms with E-state index in [2.05, 4.69) is 32.5 Å². The molecule has 0 fully saturated rings. The van der Waals surface area contributed by atoms with Crippen LogP contribution in [0.4, 0.5) is 0 Å². The van der Waals surface area contributed by atoms with Gasteiger partial charge in [-0.3, -0.25) is 4.79 Å². The van der Waals surface area contributed by atoms with Crippen molar-refractivity contribution in [3.05, 3.63) is 76.9 Å². The number of rotatable bonds is 6. The van der Waals surface area contributed by atoms with Crippen molar-refractivity contribution in [3.63, 3.8) is 0 Å². The van der Waals surface area contributed by atoms with Gasteiger partial charge in [-0.05, 0) is 54.8 Å². The lowest BCUT2D eigenvalue weighted by molar-refractivity contribution is 0.0696. The molecule has 0 unspecified atom stereocenters. The van der Waals surface area contributed by atoms with Crippen molar-refractivity contribution in [1.82, 2.24) is 18.8 Å². The van der Waals surface area contributed by atoms with Gasteiger partial charge >= 0.3 is 5.97 Å². The van der Waals surface area contributed by atoms with Gasteiger partial charge < -0.3 is 19.6 Å². The van der Waals surface area contributed by atoms with Gasteiger partial charge in [0.25, 0.3) is 5.91 Å². The number of aromatic nitrogens is 2. The first-order chi connectivity index (χ1) is 14.4. The van der Waals surface area contributed by atoms with Crippen molar-refractivity contribution >= 4 is 23.8 Å². The number of nitrogens with one attached hydrogen (secondary N) is 1. The lowest BCUT2D eigenvalue weighted by Crippen LogP contribution is -2.27. The summed E-state index contributed by atoms with van der Waals surface area (Å²) < 4.78 is 6.49. The minimum absolute atomic E-state index is 0.180. The topological polar surface area (TPSA) is 79.5 Å². The molecule has 2 N–H and O–H groups in total. The predicted octanol–water partition coefficient (Wildman–Crippen LogP) is 3.29. The van der Waals surface area contributed by atoms with Crippen LogP contribution in [0.5, 0.6) is 0 Å². The number of benzene rings is 1. The first kappa shape index (κ1) is 20.3. The van der Waals surface area contributed by atoms with Gasteiger partial charge in [0, 0.05) is 55.7 Å². The van der Waals surface area contributed by atoms with Crippen LogP contribution in [0.1, 0.15) is 37.8 Å². The third kappa shape index (κ3) is 4.15. The fourth-order valence-electron chi connectivity index (χ4n) is 3.58. The molecule has 7 nitrogen and oxygen atoms in total. The average Bonchev–Trinajstić information content (AvgIpc) is 3.32. The van der Waals surface area contributed by atoms with Crippen LogP contribution in [-0.2, 0) is 26.7 Å². The molecule has 156 valence electrons. The maximum absolute atomic E-state index is 12.8. The summed E-state index contributed by atoms with van der Waals surface area (Å²) in [7, 11) is 1.89. The Balaban J connectivity index is 1.43. The number of carbonyl (C=O) groups excluding carboxylic acids is 1. The van der Waals surface area contributed by atoms with Crippen LogP contribution >= 0.6 is 11.9 Å². The van der Waals surface area contributed by atoms with E-state index in [1.807, 2.05) is 24.6 Å². The van der Waals surface area contributed by atoms with Gasteiger partial charge in [-0.25, -0.2) is 9.10 Å². The number of carbonyl (C=O) groups is 2. The molecular formula is C22H24N4O3S. The molecule has 2 aromatic heterocycles. The highest BCUT2D eigenvalue weighted by Crippen LogP contribution is 2.31. The summed E-state index contributed by atoms with van der Waals surface area (Å²) >= 11 is 1.68. The first-order valence-corrected chi connectivity index (χ1v) is 10.5. The third-order valence-corrected chi connectivity index (χ3v) is 6.61.